The molecule has 0 saturated heterocycles. The van der Waals surface area contributed by atoms with E-state index >= 15 is 0 Å². The van der Waals surface area contributed by atoms with Gasteiger partial charge in [-0.1, -0.05) is 0 Å². The number of nitrogens with one attached hydrogen (secondary N) is 4. The number of ketones is 1. The number of carbonyl (C=O) groups is 2. The molecule has 2 aromatic heterocycles. The van der Waals surface area contributed by atoms with Gasteiger partial charge in [0.15, 0.2) is 5.78 Å². The highest BCUT2D eigenvalue weighted by Crippen LogP contribution is 2.38. The molecule has 0 aliphatic carbocycles. The van der Waals surface area contributed by atoms with Crippen LogP contribution in [0.3, 0.4) is 0 Å². The number of aromatic amines is 1. The molecule has 10 nitrogen and oxygen atoms in total. The van der Waals surface area contributed by atoms with E-state index in [0.29, 0.717) is 39.7 Å². The normalized spacial score (nSPS) is 14.1. The van der Waals surface area contributed by atoms with Crippen LogP contribution in [0.5, 0.6) is 0 Å². The first kappa shape index (κ1) is 22.6. The van der Waals surface area contributed by atoms with Gasteiger partial charge in [0.2, 0.25) is 5.91 Å². The number of carbonyl (C=O) groups excluding carboxylic acids is 2. The highest BCUT2D eigenvalue weighted by molar-refractivity contribution is 7.87. The van der Waals surface area contributed by atoms with Crippen molar-refractivity contribution in [1.29, 1.82) is 0 Å². The molecule has 4 rings (SSSR count). The number of fused-ring (bicyclic) bond motifs is 1. The van der Waals surface area contributed by atoms with Gasteiger partial charge in [-0.05, 0) is 36.4 Å². The molecular formula is C21H21FN6O4S. The largest absolute Gasteiger partial charge is 0.355 e. The Kier molecular flexibility index (Phi) is 5.97. The number of anilines is 3. The van der Waals surface area contributed by atoms with Crippen molar-refractivity contribution >= 4 is 39.1 Å². The summed E-state index contributed by atoms with van der Waals surface area (Å²) in [5, 5.41) is 5.76. The number of hydrogen-bond donors (Lipinski definition) is 4. The topological polar surface area (TPSA) is 136 Å². The summed E-state index contributed by atoms with van der Waals surface area (Å²) in [5.74, 6) is -0.794. The number of Topliss-reactive ketones (excluding diaryl/α,β-unsaturated/α-hetero) is 1. The second-order valence-corrected chi connectivity index (χ2v) is 9.25. The zero-order chi connectivity index (χ0) is 23.8. The number of halogens is 1. The van der Waals surface area contributed by atoms with Crippen molar-refractivity contribution in [3.63, 3.8) is 0 Å². The van der Waals surface area contributed by atoms with Crippen molar-refractivity contribution in [1.82, 2.24) is 19.0 Å². The van der Waals surface area contributed by atoms with Crippen LogP contribution in [0.1, 0.15) is 23.0 Å². The van der Waals surface area contributed by atoms with E-state index < -0.39 is 21.8 Å². The molecule has 172 valence electrons. The minimum absolute atomic E-state index is 0.0496. The Bertz CT molecular complexity index is 1340. The lowest BCUT2D eigenvalue weighted by atomic mass is 10.0. The summed E-state index contributed by atoms with van der Waals surface area (Å²) >= 11 is 0. The van der Waals surface area contributed by atoms with Crippen molar-refractivity contribution in [3.05, 3.63) is 59.7 Å². The summed E-state index contributed by atoms with van der Waals surface area (Å²) in [5.41, 5.74) is 2.77. The van der Waals surface area contributed by atoms with Gasteiger partial charge in [0.25, 0.3) is 10.2 Å². The van der Waals surface area contributed by atoms with Crippen LogP contribution < -0.4 is 15.4 Å². The van der Waals surface area contributed by atoms with Crippen molar-refractivity contribution in [2.45, 2.75) is 13.5 Å². The van der Waals surface area contributed by atoms with Gasteiger partial charge < -0.3 is 15.6 Å². The molecule has 0 atom stereocenters. The number of hydrogen-bond acceptors (Lipinski definition) is 6. The Balaban J connectivity index is 1.84. The van der Waals surface area contributed by atoms with E-state index in [1.165, 1.54) is 44.4 Å². The molecule has 1 aliphatic rings. The maximum Gasteiger partial charge on any atom is 0.279 e. The molecule has 1 aromatic carbocycles. The van der Waals surface area contributed by atoms with Crippen molar-refractivity contribution < 1.29 is 22.4 Å². The van der Waals surface area contributed by atoms with Crippen LogP contribution in [0.25, 0.3) is 11.3 Å². The lowest BCUT2D eigenvalue weighted by molar-refractivity contribution is -0.114. The van der Waals surface area contributed by atoms with E-state index in [2.05, 4.69) is 25.3 Å². The van der Waals surface area contributed by atoms with Gasteiger partial charge in [0.1, 0.15) is 11.6 Å². The summed E-state index contributed by atoms with van der Waals surface area (Å²) in [7, 11) is -2.55. The lowest BCUT2D eigenvalue weighted by Crippen LogP contribution is -2.44. The summed E-state index contributed by atoms with van der Waals surface area (Å²) in [6.07, 6.45) is 1.50. The maximum absolute atomic E-state index is 13.4. The second kappa shape index (κ2) is 8.73. The van der Waals surface area contributed by atoms with E-state index in [-0.39, 0.29) is 19.0 Å². The van der Waals surface area contributed by atoms with Crippen LogP contribution in [0, 0.1) is 5.82 Å². The summed E-state index contributed by atoms with van der Waals surface area (Å²) in [6, 6.07) is 8.93. The molecule has 1 aliphatic heterocycles. The number of aromatic nitrogens is 2. The zero-order valence-corrected chi connectivity index (χ0v) is 18.6. The van der Waals surface area contributed by atoms with E-state index in [1.807, 2.05) is 0 Å². The van der Waals surface area contributed by atoms with Crippen LogP contribution in [0.15, 0.2) is 42.6 Å². The third-order valence-electron chi connectivity index (χ3n) is 5.08. The fourth-order valence-corrected chi connectivity index (χ4v) is 4.45. The predicted octanol–water partition coefficient (Wildman–Crippen LogP) is 2.38. The zero-order valence-electron chi connectivity index (χ0n) is 17.8. The summed E-state index contributed by atoms with van der Waals surface area (Å²) in [6.45, 7) is 0.976. The summed E-state index contributed by atoms with van der Waals surface area (Å²) in [4.78, 5) is 31.8. The van der Waals surface area contributed by atoms with Gasteiger partial charge in [-0.2, -0.15) is 12.7 Å². The van der Waals surface area contributed by atoms with E-state index in [0.717, 1.165) is 4.31 Å². The minimum atomic E-state index is -3.83. The molecule has 0 saturated carbocycles. The first-order valence-electron chi connectivity index (χ1n) is 9.91. The highest BCUT2D eigenvalue weighted by Gasteiger charge is 2.35. The quantitative estimate of drug-likeness (QED) is 0.435. The predicted molar refractivity (Wildman–Crippen MR) is 121 cm³/mol. The Morgan fingerprint density at radius 3 is 2.58 bits per heavy atom. The lowest BCUT2D eigenvalue weighted by Gasteiger charge is -2.25. The van der Waals surface area contributed by atoms with Crippen LogP contribution >= 0.6 is 0 Å². The fraction of sp³-hybridized carbons (Fsp3) is 0.190. The second-order valence-electron chi connectivity index (χ2n) is 7.37. The summed E-state index contributed by atoms with van der Waals surface area (Å²) < 4.78 is 41.2. The van der Waals surface area contributed by atoms with Gasteiger partial charge in [0, 0.05) is 37.1 Å². The number of amides is 1. The highest BCUT2D eigenvalue weighted by atomic mass is 32.2. The Morgan fingerprint density at radius 2 is 1.91 bits per heavy atom. The SMILES string of the molecule is CNS(=O)(=O)N1CC(=O)c2c([nH]c(-c3ccnc(NC(C)=O)c3)c2Nc2ccc(F)cc2)C1. The third kappa shape index (κ3) is 4.62. The average molecular weight is 473 g/mol. The molecule has 3 aromatic rings. The number of benzene rings is 1. The van der Waals surface area contributed by atoms with Crippen LogP contribution in [0.4, 0.5) is 21.6 Å². The van der Waals surface area contributed by atoms with Gasteiger partial charge >= 0.3 is 0 Å². The first-order chi connectivity index (χ1) is 15.7. The Hall–Kier alpha value is -3.61. The third-order valence-corrected chi connectivity index (χ3v) is 6.53. The average Bonchev–Trinajstić information content (AvgIpc) is 3.14. The number of pyridine rings is 1. The van der Waals surface area contributed by atoms with Gasteiger partial charge in [-0.3, -0.25) is 9.59 Å². The molecule has 33 heavy (non-hydrogen) atoms. The van der Waals surface area contributed by atoms with E-state index in [1.54, 1.807) is 12.1 Å². The Morgan fingerprint density at radius 1 is 1.18 bits per heavy atom. The molecule has 0 fully saturated rings. The van der Waals surface area contributed by atoms with E-state index in [4.69, 9.17) is 0 Å². The molecule has 3 heterocycles. The van der Waals surface area contributed by atoms with Crippen LogP contribution in [-0.2, 0) is 21.5 Å². The number of H-pyrrole nitrogens is 1. The molecule has 0 radical (unpaired) electrons. The number of nitrogens with zero attached hydrogens (tertiary/aromatic N) is 2. The molecule has 1 amide bonds. The van der Waals surface area contributed by atoms with Gasteiger partial charge in [0.05, 0.1) is 30.0 Å². The molecule has 0 spiro atoms. The van der Waals surface area contributed by atoms with E-state index in [9.17, 15) is 22.4 Å². The minimum Gasteiger partial charge on any atom is -0.355 e. The first-order valence-corrected chi connectivity index (χ1v) is 11.3. The van der Waals surface area contributed by atoms with Crippen molar-refractivity contribution in [3.8, 4) is 11.3 Å². The monoisotopic (exact) mass is 472 g/mol. The molecule has 0 bridgehead atoms. The number of rotatable bonds is 6. The van der Waals surface area contributed by atoms with Crippen molar-refractivity contribution in [2.24, 2.45) is 0 Å². The maximum atomic E-state index is 13.4. The fourth-order valence-electron chi connectivity index (χ4n) is 3.60. The van der Waals surface area contributed by atoms with Gasteiger partial charge in [-0.15, -0.1) is 0 Å². The van der Waals surface area contributed by atoms with Crippen molar-refractivity contribution in [2.75, 3.05) is 24.2 Å². The smallest absolute Gasteiger partial charge is 0.279 e. The van der Waals surface area contributed by atoms with Gasteiger partial charge in [-0.25, -0.2) is 14.1 Å². The molecule has 4 N–H and O–H groups in total. The van der Waals surface area contributed by atoms with Crippen LogP contribution in [-0.4, -0.2) is 48.0 Å². The standard InChI is InChI=1S/C21H21FN6O4S/c1-12(29)25-18-9-13(7-8-24-18)20-21(26-15-5-3-14(22)4-6-15)19-16(27-20)10-28(11-17(19)30)33(31,32)23-2/h3-9,23,26-27H,10-11H2,1-2H3,(H,24,25,29). The van der Waals surface area contributed by atoms with Crippen LogP contribution in [0.2, 0.25) is 0 Å². The molecular weight excluding hydrogens is 451 g/mol. The Labute approximate surface area is 189 Å². The molecule has 12 heteroatoms. The molecule has 0 unspecified atom stereocenters.